The van der Waals surface area contributed by atoms with E-state index in [1.807, 2.05) is 6.92 Å². The van der Waals surface area contributed by atoms with Crippen LogP contribution in [0.2, 0.25) is 0 Å². The van der Waals surface area contributed by atoms with Gasteiger partial charge in [-0.2, -0.15) is 0 Å². The lowest BCUT2D eigenvalue weighted by molar-refractivity contribution is 0.237. The third kappa shape index (κ3) is 4.46. The largest absolute Gasteiger partial charge is 0.335 e. The summed E-state index contributed by atoms with van der Waals surface area (Å²) < 4.78 is 26.3. The van der Waals surface area contributed by atoms with Gasteiger partial charge in [0.15, 0.2) is 0 Å². The van der Waals surface area contributed by atoms with Crippen LogP contribution in [0.25, 0.3) is 0 Å². The monoisotopic (exact) mass is 310 g/mol. The Bertz CT molecular complexity index is 575. The average Bonchev–Trinajstić information content (AvgIpc) is 2.47. The molecule has 1 aliphatic carbocycles. The average molecular weight is 310 g/mol. The van der Waals surface area contributed by atoms with Crippen LogP contribution in [0.1, 0.15) is 44.6 Å². The second kappa shape index (κ2) is 6.93. The van der Waals surface area contributed by atoms with Gasteiger partial charge in [0.05, 0.1) is 4.90 Å². The van der Waals surface area contributed by atoms with Crippen LogP contribution in [0, 0.1) is 0 Å². The van der Waals surface area contributed by atoms with Crippen LogP contribution >= 0.6 is 0 Å². The molecule has 2 N–H and O–H groups in total. The standard InChI is InChI=1S/C15H22N2O3S/c1-2-12-8-10-14(11-9-12)21(19,20)17-15(18)16-13-6-4-3-5-7-13/h8-11,13H,2-7H2,1H3,(H2,16,17,18). The first kappa shape index (κ1) is 15.8. The van der Waals surface area contributed by atoms with Gasteiger partial charge in [-0.3, -0.25) is 0 Å². The molecule has 1 fully saturated rings. The van der Waals surface area contributed by atoms with Gasteiger partial charge in [0.2, 0.25) is 0 Å². The number of nitrogens with one attached hydrogen (secondary N) is 2. The second-order valence-electron chi connectivity index (χ2n) is 5.41. The highest BCUT2D eigenvalue weighted by atomic mass is 32.2. The van der Waals surface area contributed by atoms with Gasteiger partial charge in [-0.15, -0.1) is 0 Å². The van der Waals surface area contributed by atoms with E-state index < -0.39 is 16.1 Å². The molecular weight excluding hydrogens is 288 g/mol. The van der Waals surface area contributed by atoms with Crippen molar-refractivity contribution in [3.05, 3.63) is 29.8 Å². The van der Waals surface area contributed by atoms with Crippen molar-refractivity contribution in [1.82, 2.24) is 10.0 Å². The van der Waals surface area contributed by atoms with Crippen molar-refractivity contribution < 1.29 is 13.2 Å². The molecule has 0 radical (unpaired) electrons. The molecule has 0 bridgehead atoms. The second-order valence-corrected chi connectivity index (χ2v) is 7.09. The van der Waals surface area contributed by atoms with E-state index in [2.05, 4.69) is 10.0 Å². The lowest BCUT2D eigenvalue weighted by Crippen LogP contribution is -2.45. The fraction of sp³-hybridized carbons (Fsp3) is 0.533. The molecule has 0 atom stereocenters. The minimum atomic E-state index is -3.80. The van der Waals surface area contributed by atoms with Crippen molar-refractivity contribution in [2.45, 2.75) is 56.4 Å². The van der Waals surface area contributed by atoms with Crippen LogP contribution < -0.4 is 10.0 Å². The highest BCUT2D eigenvalue weighted by Gasteiger charge is 2.20. The highest BCUT2D eigenvalue weighted by molar-refractivity contribution is 7.90. The number of carbonyl (C=O) groups is 1. The van der Waals surface area contributed by atoms with Crippen LogP contribution in [0.3, 0.4) is 0 Å². The lowest BCUT2D eigenvalue weighted by atomic mass is 9.96. The fourth-order valence-electron chi connectivity index (χ4n) is 2.55. The molecule has 1 aliphatic rings. The summed E-state index contributed by atoms with van der Waals surface area (Å²) in [5.41, 5.74) is 1.06. The van der Waals surface area contributed by atoms with Crippen LogP contribution in [-0.2, 0) is 16.4 Å². The number of aryl methyl sites for hydroxylation is 1. The van der Waals surface area contributed by atoms with Crippen LogP contribution in [-0.4, -0.2) is 20.5 Å². The zero-order chi connectivity index (χ0) is 15.3. The van der Waals surface area contributed by atoms with E-state index in [1.54, 1.807) is 12.1 Å². The predicted octanol–water partition coefficient (Wildman–Crippen LogP) is 2.57. The first-order valence-corrected chi connectivity index (χ1v) is 8.92. The maximum atomic E-state index is 12.1. The topological polar surface area (TPSA) is 75.3 Å². The van der Waals surface area contributed by atoms with E-state index in [0.717, 1.165) is 37.7 Å². The Hall–Kier alpha value is -1.56. The van der Waals surface area contributed by atoms with Gasteiger partial charge in [-0.05, 0) is 37.0 Å². The van der Waals surface area contributed by atoms with E-state index in [9.17, 15) is 13.2 Å². The number of rotatable bonds is 4. The predicted molar refractivity (Wildman–Crippen MR) is 81.5 cm³/mol. The van der Waals surface area contributed by atoms with Crippen molar-refractivity contribution in [3.63, 3.8) is 0 Å². The molecule has 21 heavy (non-hydrogen) atoms. The van der Waals surface area contributed by atoms with Crippen molar-refractivity contribution in [2.24, 2.45) is 0 Å². The number of hydrogen-bond donors (Lipinski definition) is 2. The molecule has 2 amide bonds. The Morgan fingerprint density at radius 2 is 1.76 bits per heavy atom. The van der Waals surface area contributed by atoms with Gasteiger partial charge < -0.3 is 5.32 Å². The summed E-state index contributed by atoms with van der Waals surface area (Å²) in [4.78, 5) is 11.9. The molecule has 1 saturated carbocycles. The minimum Gasteiger partial charge on any atom is -0.335 e. The Kier molecular flexibility index (Phi) is 5.22. The van der Waals surface area contributed by atoms with Crippen molar-refractivity contribution in [3.8, 4) is 0 Å². The number of urea groups is 1. The molecule has 0 aromatic heterocycles. The van der Waals surface area contributed by atoms with Gasteiger partial charge >= 0.3 is 6.03 Å². The molecule has 6 heteroatoms. The smallest absolute Gasteiger partial charge is 0.328 e. The molecule has 0 saturated heterocycles. The Balaban J connectivity index is 1.97. The van der Waals surface area contributed by atoms with E-state index in [-0.39, 0.29) is 10.9 Å². The van der Waals surface area contributed by atoms with Gasteiger partial charge in [0, 0.05) is 6.04 Å². The van der Waals surface area contributed by atoms with Gasteiger partial charge in [-0.25, -0.2) is 17.9 Å². The molecule has 116 valence electrons. The molecule has 0 heterocycles. The quantitative estimate of drug-likeness (QED) is 0.897. The number of amides is 2. The summed E-state index contributed by atoms with van der Waals surface area (Å²) in [6, 6.07) is 6.00. The SMILES string of the molecule is CCc1ccc(S(=O)(=O)NC(=O)NC2CCCCC2)cc1. The normalized spacial score (nSPS) is 16.4. The number of sulfonamides is 1. The zero-order valence-electron chi connectivity index (χ0n) is 12.3. The van der Waals surface area contributed by atoms with Crippen LogP contribution in [0.15, 0.2) is 29.2 Å². The molecule has 0 spiro atoms. The van der Waals surface area contributed by atoms with Crippen molar-refractivity contribution >= 4 is 16.1 Å². The van der Waals surface area contributed by atoms with Gasteiger partial charge in [-0.1, -0.05) is 38.3 Å². The summed E-state index contributed by atoms with van der Waals surface area (Å²) in [6.07, 6.45) is 6.02. The van der Waals surface area contributed by atoms with Gasteiger partial charge in [0.25, 0.3) is 10.0 Å². The Morgan fingerprint density at radius 1 is 1.14 bits per heavy atom. The number of hydrogen-bond acceptors (Lipinski definition) is 3. The first-order chi connectivity index (χ1) is 10.0. The molecule has 1 aromatic rings. The maximum Gasteiger partial charge on any atom is 0.328 e. The fourth-order valence-corrected chi connectivity index (χ4v) is 3.46. The van der Waals surface area contributed by atoms with E-state index in [0.29, 0.717) is 0 Å². The van der Waals surface area contributed by atoms with Crippen LogP contribution in [0.4, 0.5) is 4.79 Å². The summed E-state index contributed by atoms with van der Waals surface area (Å²) in [6.45, 7) is 2.00. The number of carbonyl (C=O) groups excluding carboxylic acids is 1. The maximum absolute atomic E-state index is 12.1. The number of benzene rings is 1. The summed E-state index contributed by atoms with van der Waals surface area (Å²) in [5.74, 6) is 0. The summed E-state index contributed by atoms with van der Waals surface area (Å²) in [7, 11) is -3.80. The molecule has 2 rings (SSSR count). The molecular formula is C15H22N2O3S. The Morgan fingerprint density at radius 3 is 2.33 bits per heavy atom. The molecule has 5 nitrogen and oxygen atoms in total. The Labute approximate surface area is 126 Å². The molecule has 0 aliphatic heterocycles. The molecule has 1 aromatic carbocycles. The minimum absolute atomic E-state index is 0.0800. The lowest BCUT2D eigenvalue weighted by Gasteiger charge is -2.22. The van der Waals surface area contributed by atoms with Crippen molar-refractivity contribution in [2.75, 3.05) is 0 Å². The van der Waals surface area contributed by atoms with E-state index in [4.69, 9.17) is 0 Å². The summed E-state index contributed by atoms with van der Waals surface area (Å²) in [5, 5.41) is 2.74. The van der Waals surface area contributed by atoms with Crippen molar-refractivity contribution in [1.29, 1.82) is 0 Å². The first-order valence-electron chi connectivity index (χ1n) is 7.43. The van der Waals surface area contributed by atoms with Gasteiger partial charge in [0.1, 0.15) is 0 Å². The zero-order valence-corrected chi connectivity index (χ0v) is 13.1. The molecule has 0 unspecified atom stereocenters. The van der Waals surface area contributed by atoms with E-state index in [1.165, 1.54) is 18.6 Å². The van der Waals surface area contributed by atoms with Crippen LogP contribution in [0.5, 0.6) is 0 Å². The summed E-state index contributed by atoms with van der Waals surface area (Å²) >= 11 is 0. The third-order valence-electron chi connectivity index (χ3n) is 3.81. The highest BCUT2D eigenvalue weighted by Crippen LogP contribution is 2.17. The third-order valence-corrected chi connectivity index (χ3v) is 5.16. The van der Waals surface area contributed by atoms with E-state index >= 15 is 0 Å².